The van der Waals surface area contributed by atoms with Crippen LogP contribution in [0.1, 0.15) is 43.0 Å². The summed E-state index contributed by atoms with van der Waals surface area (Å²) in [6.45, 7) is 7.20. The molecular formula is C21H30N6O2. The number of nitrogens with one attached hydrogen (secondary N) is 1. The molecule has 0 aliphatic carbocycles. The van der Waals surface area contributed by atoms with Crippen LogP contribution < -0.4 is 11.1 Å². The van der Waals surface area contributed by atoms with Gasteiger partial charge in [0.15, 0.2) is 5.82 Å². The molecule has 8 heteroatoms. The van der Waals surface area contributed by atoms with Gasteiger partial charge in [0.25, 0.3) is 0 Å². The van der Waals surface area contributed by atoms with E-state index in [-0.39, 0.29) is 0 Å². The average Bonchev–Trinajstić information content (AvgIpc) is 3.15. The zero-order valence-electron chi connectivity index (χ0n) is 17.2. The molecular weight excluding hydrogens is 368 g/mol. The molecule has 2 aromatic rings. The Balaban J connectivity index is 1.69. The molecule has 0 atom stereocenters. The smallest absolute Gasteiger partial charge is 0.407 e. The third kappa shape index (κ3) is 6.74. The molecule has 2 rings (SSSR count). The lowest BCUT2D eigenvalue weighted by atomic mass is 10.1. The van der Waals surface area contributed by atoms with Gasteiger partial charge in [-0.2, -0.15) is 0 Å². The number of aromatic nitrogens is 2. The van der Waals surface area contributed by atoms with Crippen molar-refractivity contribution in [3.05, 3.63) is 47.4 Å². The first-order valence-corrected chi connectivity index (χ1v) is 9.82. The lowest BCUT2D eigenvalue weighted by Gasteiger charge is -2.09. The number of hydrogen-bond donors (Lipinski definition) is 2. The Kier molecular flexibility index (Phi) is 8.88. The number of unbranched alkanes of at least 4 members (excludes halogenated alkanes) is 1. The topological polar surface area (TPSA) is 107 Å². The van der Waals surface area contributed by atoms with Crippen molar-refractivity contribution in [1.29, 1.82) is 0 Å². The van der Waals surface area contributed by atoms with Crippen LogP contribution >= 0.6 is 0 Å². The first-order valence-electron chi connectivity index (χ1n) is 9.82. The Hall–Kier alpha value is -3.16. The first kappa shape index (κ1) is 22.1. The van der Waals surface area contributed by atoms with E-state index in [0.717, 1.165) is 31.2 Å². The van der Waals surface area contributed by atoms with Gasteiger partial charge in [0, 0.05) is 20.1 Å². The maximum atomic E-state index is 11.9. The molecule has 3 N–H and O–H groups in total. The van der Waals surface area contributed by atoms with Crippen molar-refractivity contribution >= 4 is 24.5 Å². The van der Waals surface area contributed by atoms with E-state index in [0.29, 0.717) is 37.0 Å². The molecule has 1 amide bonds. The number of hydrogen-bond acceptors (Lipinski definition) is 5. The van der Waals surface area contributed by atoms with Crippen LogP contribution in [-0.2, 0) is 24.2 Å². The number of ether oxygens (including phenoxy) is 1. The average molecular weight is 399 g/mol. The number of amides is 1. The van der Waals surface area contributed by atoms with Crippen LogP contribution in [0.3, 0.4) is 0 Å². The highest BCUT2D eigenvalue weighted by molar-refractivity contribution is 5.99. The highest BCUT2D eigenvalue weighted by Gasteiger charge is 2.12. The minimum Gasteiger partial charge on any atom is -0.450 e. The molecule has 8 nitrogen and oxygen atoms in total. The summed E-state index contributed by atoms with van der Waals surface area (Å²) in [4.78, 5) is 24.0. The number of imidazole rings is 1. The zero-order valence-corrected chi connectivity index (χ0v) is 17.2. The molecule has 29 heavy (non-hydrogen) atoms. The van der Waals surface area contributed by atoms with Crippen molar-refractivity contribution in [2.45, 2.75) is 45.7 Å². The number of carbonyl (C=O) groups excluding carboxylic acids is 1. The number of aliphatic imine (C=N–C) groups is 2. The monoisotopic (exact) mass is 398 g/mol. The Morgan fingerprint density at radius 3 is 2.86 bits per heavy atom. The van der Waals surface area contributed by atoms with Gasteiger partial charge in [-0.3, -0.25) is 4.99 Å². The van der Waals surface area contributed by atoms with Gasteiger partial charge in [0.05, 0.1) is 12.9 Å². The predicted octanol–water partition coefficient (Wildman–Crippen LogP) is 3.21. The second kappa shape index (κ2) is 11.6. The summed E-state index contributed by atoms with van der Waals surface area (Å²) < 4.78 is 7.11. The summed E-state index contributed by atoms with van der Waals surface area (Å²) in [6.07, 6.45) is 4.92. The molecule has 0 unspecified atom stereocenters. The minimum absolute atomic E-state index is 0.325. The normalized spacial score (nSPS) is 11.3. The number of alkyl carbamates (subject to hydrolysis) is 1. The lowest BCUT2D eigenvalue weighted by Crippen LogP contribution is -2.24. The Bertz CT molecular complexity index is 843. The predicted molar refractivity (Wildman–Crippen MR) is 116 cm³/mol. The highest BCUT2D eigenvalue weighted by atomic mass is 16.5. The van der Waals surface area contributed by atoms with Crippen LogP contribution in [0, 0.1) is 0 Å². The molecule has 1 aromatic carbocycles. The van der Waals surface area contributed by atoms with Crippen molar-refractivity contribution in [3.8, 4) is 0 Å². The van der Waals surface area contributed by atoms with Crippen molar-refractivity contribution in [1.82, 2.24) is 14.9 Å². The number of benzene rings is 1. The summed E-state index contributed by atoms with van der Waals surface area (Å²) in [5, 5.41) is 2.79. The van der Waals surface area contributed by atoms with Crippen molar-refractivity contribution in [2.75, 3.05) is 13.7 Å². The number of carbonyl (C=O) groups is 1. The van der Waals surface area contributed by atoms with Gasteiger partial charge in [-0.25, -0.2) is 14.8 Å². The maximum absolute atomic E-state index is 11.9. The molecule has 0 aliphatic rings. The number of nitrogens with two attached hydrogens (primary N) is 1. The molecule has 0 saturated carbocycles. The first-order chi connectivity index (χ1) is 14.1. The highest BCUT2D eigenvalue weighted by Crippen LogP contribution is 2.18. The van der Waals surface area contributed by atoms with E-state index in [1.807, 2.05) is 16.7 Å². The van der Waals surface area contributed by atoms with Gasteiger partial charge >= 0.3 is 6.09 Å². The quantitative estimate of drug-likeness (QED) is 0.344. The van der Waals surface area contributed by atoms with Crippen LogP contribution in [0.5, 0.6) is 0 Å². The number of nitrogens with zero attached hydrogens (tertiary/aromatic N) is 4. The molecule has 0 fully saturated rings. The van der Waals surface area contributed by atoms with Gasteiger partial charge in [-0.1, -0.05) is 37.6 Å². The number of rotatable bonds is 11. The fraction of sp³-hybridized carbons (Fsp3) is 0.429. The van der Waals surface area contributed by atoms with Crippen LogP contribution in [0.25, 0.3) is 0 Å². The van der Waals surface area contributed by atoms with E-state index in [1.165, 1.54) is 5.56 Å². The van der Waals surface area contributed by atoms with E-state index in [2.05, 4.69) is 46.1 Å². The molecule has 0 spiro atoms. The Morgan fingerprint density at radius 2 is 2.14 bits per heavy atom. The molecule has 156 valence electrons. The molecule has 0 aliphatic heterocycles. The molecule has 0 radical (unpaired) electrons. The fourth-order valence-corrected chi connectivity index (χ4v) is 2.95. The number of amidine groups is 1. The molecule has 0 bridgehead atoms. The van der Waals surface area contributed by atoms with Gasteiger partial charge in [0.2, 0.25) is 0 Å². The van der Waals surface area contributed by atoms with E-state index < -0.39 is 6.09 Å². The summed E-state index contributed by atoms with van der Waals surface area (Å²) >= 11 is 0. The standard InChI is InChI=1S/C21H30N6O2/c1-4-8-16-9-7-10-17(13-16)14-25-21(28)29-12-6-5-11-27-15-26-18(19(22)23-2)20(27)24-3/h7,9-10,13,15H,3-6,8,11-12,14H2,1-2H3,(H2,22,23)(H,25,28). The van der Waals surface area contributed by atoms with E-state index in [4.69, 9.17) is 10.5 Å². The second-order valence-electron chi connectivity index (χ2n) is 6.64. The lowest BCUT2D eigenvalue weighted by molar-refractivity contribution is 0.143. The largest absolute Gasteiger partial charge is 0.450 e. The van der Waals surface area contributed by atoms with Crippen molar-refractivity contribution < 1.29 is 9.53 Å². The van der Waals surface area contributed by atoms with Gasteiger partial charge in [0.1, 0.15) is 11.5 Å². The third-order valence-electron chi connectivity index (χ3n) is 4.44. The SMILES string of the molecule is C=Nc1c(C(N)=NC)ncn1CCCCOC(=O)NCc1cccc(CCC)c1. The summed E-state index contributed by atoms with van der Waals surface area (Å²) in [5.41, 5.74) is 8.69. The van der Waals surface area contributed by atoms with Crippen LogP contribution in [0.2, 0.25) is 0 Å². The van der Waals surface area contributed by atoms with Crippen molar-refractivity contribution in [3.63, 3.8) is 0 Å². The van der Waals surface area contributed by atoms with Crippen LogP contribution in [-0.4, -0.2) is 41.9 Å². The van der Waals surface area contributed by atoms with Gasteiger partial charge < -0.3 is 20.4 Å². The second-order valence-corrected chi connectivity index (χ2v) is 6.64. The van der Waals surface area contributed by atoms with E-state index >= 15 is 0 Å². The summed E-state index contributed by atoms with van der Waals surface area (Å²) in [7, 11) is 1.60. The van der Waals surface area contributed by atoms with Crippen LogP contribution in [0.4, 0.5) is 10.6 Å². The maximum Gasteiger partial charge on any atom is 0.407 e. The Labute approximate surface area is 171 Å². The zero-order chi connectivity index (χ0) is 21.1. The minimum atomic E-state index is -0.406. The van der Waals surface area contributed by atoms with Crippen LogP contribution in [0.15, 0.2) is 40.6 Å². The molecule has 1 heterocycles. The summed E-state index contributed by atoms with van der Waals surface area (Å²) in [6, 6.07) is 8.23. The molecule has 0 saturated heterocycles. The number of aryl methyl sites for hydroxylation is 2. The summed E-state index contributed by atoms with van der Waals surface area (Å²) in [5.74, 6) is 0.920. The van der Waals surface area contributed by atoms with E-state index in [1.54, 1.807) is 13.4 Å². The van der Waals surface area contributed by atoms with Gasteiger partial charge in [-0.05, 0) is 37.1 Å². The van der Waals surface area contributed by atoms with Gasteiger partial charge in [-0.15, -0.1) is 0 Å². The van der Waals surface area contributed by atoms with Crippen molar-refractivity contribution in [2.24, 2.45) is 15.7 Å². The van der Waals surface area contributed by atoms with E-state index in [9.17, 15) is 4.79 Å². The third-order valence-corrected chi connectivity index (χ3v) is 4.44. The Morgan fingerprint density at radius 1 is 1.34 bits per heavy atom. The molecule has 1 aromatic heterocycles. The fourth-order valence-electron chi connectivity index (χ4n) is 2.95.